The molecule has 1 saturated heterocycles. The molecule has 1 atom stereocenters. The molecule has 2 rings (SSSR count). The number of piperidine rings is 1. The van der Waals surface area contributed by atoms with Crippen LogP contribution in [0, 0.1) is 5.92 Å². The van der Waals surface area contributed by atoms with Crippen LogP contribution in [0.5, 0.6) is 11.6 Å². The highest BCUT2D eigenvalue weighted by Gasteiger charge is 2.13. The second-order valence-electron chi connectivity index (χ2n) is 4.59. The van der Waals surface area contributed by atoms with Crippen molar-refractivity contribution < 1.29 is 9.47 Å². The van der Waals surface area contributed by atoms with Crippen LogP contribution in [-0.4, -0.2) is 31.3 Å². The van der Waals surface area contributed by atoms with Crippen molar-refractivity contribution in [2.24, 2.45) is 5.92 Å². The SMILES string of the molecule is CCOc1cccnc1OCCC1CCCNC1. The minimum absolute atomic E-state index is 0.614. The van der Waals surface area contributed by atoms with E-state index in [9.17, 15) is 0 Å². The van der Waals surface area contributed by atoms with Gasteiger partial charge in [0.15, 0.2) is 5.75 Å². The molecule has 1 aromatic heterocycles. The van der Waals surface area contributed by atoms with Crippen molar-refractivity contribution in [3.05, 3.63) is 18.3 Å². The summed E-state index contributed by atoms with van der Waals surface area (Å²) >= 11 is 0. The largest absolute Gasteiger partial charge is 0.488 e. The van der Waals surface area contributed by atoms with Crippen molar-refractivity contribution in [2.45, 2.75) is 26.2 Å². The highest BCUT2D eigenvalue weighted by Crippen LogP contribution is 2.24. The normalized spacial score (nSPS) is 19.5. The molecule has 100 valence electrons. The van der Waals surface area contributed by atoms with Crippen molar-refractivity contribution in [1.29, 1.82) is 0 Å². The van der Waals surface area contributed by atoms with Gasteiger partial charge in [-0.15, -0.1) is 0 Å². The minimum atomic E-state index is 0.614. The maximum absolute atomic E-state index is 5.73. The van der Waals surface area contributed by atoms with Crippen molar-refractivity contribution in [2.75, 3.05) is 26.3 Å². The molecule has 0 radical (unpaired) electrons. The number of hydrogen-bond donors (Lipinski definition) is 1. The van der Waals surface area contributed by atoms with Gasteiger partial charge in [0.1, 0.15) is 0 Å². The van der Waals surface area contributed by atoms with Crippen molar-refractivity contribution in [3.8, 4) is 11.6 Å². The Morgan fingerprint density at radius 3 is 3.17 bits per heavy atom. The molecule has 1 N–H and O–H groups in total. The van der Waals surface area contributed by atoms with E-state index in [4.69, 9.17) is 9.47 Å². The number of pyridine rings is 1. The molecule has 0 saturated carbocycles. The van der Waals surface area contributed by atoms with E-state index >= 15 is 0 Å². The molecule has 4 nitrogen and oxygen atoms in total. The summed E-state index contributed by atoms with van der Waals surface area (Å²) in [6.45, 7) is 5.58. The average molecular weight is 250 g/mol. The third kappa shape index (κ3) is 3.88. The van der Waals surface area contributed by atoms with E-state index < -0.39 is 0 Å². The van der Waals surface area contributed by atoms with Gasteiger partial charge < -0.3 is 14.8 Å². The zero-order chi connectivity index (χ0) is 12.6. The Kier molecular flexibility index (Phi) is 5.27. The monoisotopic (exact) mass is 250 g/mol. The minimum Gasteiger partial charge on any atom is -0.488 e. The van der Waals surface area contributed by atoms with E-state index in [0.29, 0.717) is 19.1 Å². The van der Waals surface area contributed by atoms with Crippen LogP contribution in [0.25, 0.3) is 0 Å². The maximum atomic E-state index is 5.73. The Bertz CT molecular complexity index is 351. The summed E-state index contributed by atoms with van der Waals surface area (Å²) in [5.41, 5.74) is 0. The smallest absolute Gasteiger partial charge is 0.256 e. The first kappa shape index (κ1) is 13.1. The summed E-state index contributed by atoms with van der Waals surface area (Å²) in [5, 5.41) is 3.42. The Balaban J connectivity index is 1.78. The van der Waals surface area contributed by atoms with Crippen LogP contribution >= 0.6 is 0 Å². The summed E-state index contributed by atoms with van der Waals surface area (Å²) in [6, 6.07) is 3.76. The second kappa shape index (κ2) is 7.21. The first-order chi connectivity index (χ1) is 8.90. The number of aromatic nitrogens is 1. The first-order valence-electron chi connectivity index (χ1n) is 6.81. The molecule has 2 heterocycles. The van der Waals surface area contributed by atoms with E-state index in [2.05, 4.69) is 10.3 Å². The fourth-order valence-electron chi connectivity index (χ4n) is 2.24. The van der Waals surface area contributed by atoms with E-state index in [-0.39, 0.29) is 0 Å². The van der Waals surface area contributed by atoms with E-state index in [1.165, 1.54) is 12.8 Å². The lowest BCUT2D eigenvalue weighted by Crippen LogP contribution is -2.30. The third-order valence-corrected chi connectivity index (χ3v) is 3.20. The Morgan fingerprint density at radius 1 is 1.44 bits per heavy atom. The molecule has 0 spiro atoms. The molecule has 1 aliphatic heterocycles. The maximum Gasteiger partial charge on any atom is 0.256 e. The fourth-order valence-corrected chi connectivity index (χ4v) is 2.24. The van der Waals surface area contributed by atoms with Crippen LogP contribution in [-0.2, 0) is 0 Å². The van der Waals surface area contributed by atoms with Crippen LogP contribution in [0.4, 0.5) is 0 Å². The van der Waals surface area contributed by atoms with Crippen LogP contribution in [0.1, 0.15) is 26.2 Å². The average Bonchev–Trinajstić information content (AvgIpc) is 2.42. The quantitative estimate of drug-likeness (QED) is 0.841. The lowest BCUT2D eigenvalue weighted by molar-refractivity contribution is 0.231. The molecule has 18 heavy (non-hydrogen) atoms. The van der Waals surface area contributed by atoms with Gasteiger partial charge in [0.25, 0.3) is 5.88 Å². The van der Waals surface area contributed by atoms with Gasteiger partial charge in [-0.25, -0.2) is 4.98 Å². The van der Waals surface area contributed by atoms with Gasteiger partial charge in [0.2, 0.25) is 0 Å². The van der Waals surface area contributed by atoms with Crippen molar-refractivity contribution >= 4 is 0 Å². The number of ether oxygens (including phenoxy) is 2. The highest BCUT2D eigenvalue weighted by molar-refractivity contribution is 5.32. The fraction of sp³-hybridized carbons (Fsp3) is 0.643. The molecular formula is C14H22N2O2. The van der Waals surface area contributed by atoms with Gasteiger partial charge in [-0.2, -0.15) is 0 Å². The summed E-state index contributed by atoms with van der Waals surface area (Å²) in [5.74, 6) is 2.09. The van der Waals surface area contributed by atoms with Gasteiger partial charge in [-0.05, 0) is 57.3 Å². The Labute approximate surface area is 109 Å². The lowest BCUT2D eigenvalue weighted by Gasteiger charge is -2.22. The third-order valence-electron chi connectivity index (χ3n) is 3.20. The van der Waals surface area contributed by atoms with Crippen molar-refractivity contribution in [3.63, 3.8) is 0 Å². The molecule has 0 aromatic carbocycles. The van der Waals surface area contributed by atoms with Crippen LogP contribution in [0.15, 0.2) is 18.3 Å². The molecule has 1 aromatic rings. The van der Waals surface area contributed by atoms with Gasteiger partial charge in [0, 0.05) is 6.20 Å². The predicted molar refractivity (Wildman–Crippen MR) is 71.1 cm³/mol. The molecule has 4 heteroatoms. The lowest BCUT2D eigenvalue weighted by atomic mass is 9.97. The van der Waals surface area contributed by atoms with E-state index in [1.807, 2.05) is 19.1 Å². The molecule has 0 aliphatic carbocycles. The van der Waals surface area contributed by atoms with Gasteiger partial charge in [-0.1, -0.05) is 0 Å². The Hall–Kier alpha value is -1.29. The number of rotatable bonds is 6. The topological polar surface area (TPSA) is 43.4 Å². The standard InChI is InChI=1S/C14H22N2O2/c1-2-17-13-6-4-9-16-14(13)18-10-7-12-5-3-8-15-11-12/h4,6,9,12,15H,2-3,5,7-8,10-11H2,1H3. The number of nitrogens with zero attached hydrogens (tertiary/aromatic N) is 1. The van der Waals surface area contributed by atoms with Crippen LogP contribution in [0.2, 0.25) is 0 Å². The molecule has 1 fully saturated rings. The van der Waals surface area contributed by atoms with E-state index in [0.717, 1.165) is 31.2 Å². The zero-order valence-corrected chi connectivity index (χ0v) is 11.0. The van der Waals surface area contributed by atoms with E-state index in [1.54, 1.807) is 6.20 Å². The Morgan fingerprint density at radius 2 is 2.39 bits per heavy atom. The summed E-state index contributed by atoms with van der Waals surface area (Å²) in [7, 11) is 0. The number of hydrogen-bond acceptors (Lipinski definition) is 4. The molecule has 1 aliphatic rings. The summed E-state index contributed by atoms with van der Waals surface area (Å²) in [4.78, 5) is 4.22. The predicted octanol–water partition coefficient (Wildman–Crippen LogP) is 2.25. The van der Waals surface area contributed by atoms with Gasteiger partial charge in [-0.3, -0.25) is 0 Å². The molecular weight excluding hydrogens is 228 g/mol. The first-order valence-corrected chi connectivity index (χ1v) is 6.81. The molecule has 1 unspecified atom stereocenters. The zero-order valence-electron chi connectivity index (χ0n) is 11.0. The highest BCUT2D eigenvalue weighted by atomic mass is 16.5. The number of nitrogens with one attached hydrogen (secondary N) is 1. The molecule has 0 bridgehead atoms. The summed E-state index contributed by atoms with van der Waals surface area (Å²) < 4.78 is 11.2. The van der Waals surface area contributed by atoms with Crippen LogP contribution < -0.4 is 14.8 Å². The van der Waals surface area contributed by atoms with Gasteiger partial charge in [0.05, 0.1) is 13.2 Å². The molecule has 0 amide bonds. The van der Waals surface area contributed by atoms with Gasteiger partial charge >= 0.3 is 0 Å². The summed E-state index contributed by atoms with van der Waals surface area (Å²) in [6.07, 6.45) is 5.39. The van der Waals surface area contributed by atoms with Crippen molar-refractivity contribution in [1.82, 2.24) is 10.3 Å². The second-order valence-corrected chi connectivity index (χ2v) is 4.59. The van der Waals surface area contributed by atoms with Crippen LogP contribution in [0.3, 0.4) is 0 Å².